The standard InChI is InChI=1S/C45H65N11O8S/c1-25(2)20-35(54-40(59)33-16-10-18-48-33)41(60)51-27(4)39(58)55-36(24-65)43(62)56(23-29-13-7-6-12-26(29)3)37(21-30-22-50-32-15-9-8-14-31(30)32)42(61)52-28(5)38(57)53-34(44(63)64)17-11-19-49-45(46)47/h6-9,12-15,22,25,27-28,33-37,48,50,65H,10-11,16-21,23-24H2,1-5H3,(H,51,60)(H,52,61)(H,53,57)(H,54,59)(H,55,58)(H,63,64)(H4,46,47,49)/t27-,28-,33-,34-,35-,36-,37-/m0/s1. The number of aromatic nitrogens is 1. The predicted octanol–water partition coefficient (Wildman–Crippen LogP) is 0.746. The molecule has 3 aromatic rings. The van der Waals surface area contributed by atoms with Crippen LogP contribution < -0.4 is 43.4 Å². The number of carbonyl (C=O) groups excluding carboxylic acids is 6. The van der Waals surface area contributed by atoms with Crippen LogP contribution in [-0.2, 0) is 46.5 Å². The second kappa shape index (κ2) is 24.8. The summed E-state index contributed by atoms with van der Waals surface area (Å²) in [4.78, 5) is 104. The number of carbonyl (C=O) groups is 7. The van der Waals surface area contributed by atoms with Gasteiger partial charge >= 0.3 is 5.97 Å². The molecule has 0 spiro atoms. The van der Waals surface area contributed by atoms with Crippen molar-refractivity contribution in [2.75, 3.05) is 18.8 Å². The first-order valence-electron chi connectivity index (χ1n) is 21.9. The van der Waals surface area contributed by atoms with Crippen molar-refractivity contribution in [3.63, 3.8) is 0 Å². The molecule has 0 bridgehead atoms. The molecule has 2 heterocycles. The number of aryl methyl sites for hydroxylation is 1. The Balaban J connectivity index is 1.62. The van der Waals surface area contributed by atoms with Crippen LogP contribution in [0.2, 0.25) is 0 Å². The van der Waals surface area contributed by atoms with Gasteiger partial charge in [0.25, 0.3) is 0 Å². The third-order valence-corrected chi connectivity index (χ3v) is 11.6. The van der Waals surface area contributed by atoms with Crippen LogP contribution in [-0.4, -0.2) is 123 Å². The molecule has 20 heteroatoms. The van der Waals surface area contributed by atoms with Crippen LogP contribution in [0.5, 0.6) is 0 Å². The van der Waals surface area contributed by atoms with Gasteiger partial charge in [-0.3, -0.25) is 33.8 Å². The number of amides is 6. The number of fused-ring (bicyclic) bond motifs is 1. The van der Waals surface area contributed by atoms with E-state index in [4.69, 9.17) is 11.5 Å². The van der Waals surface area contributed by atoms with E-state index in [2.05, 4.69) is 54.5 Å². The van der Waals surface area contributed by atoms with Gasteiger partial charge in [0.15, 0.2) is 5.96 Å². The fourth-order valence-electron chi connectivity index (χ4n) is 7.54. The maximum absolute atomic E-state index is 15.0. The van der Waals surface area contributed by atoms with E-state index in [0.717, 1.165) is 22.9 Å². The Kier molecular flexibility index (Phi) is 19.6. The topological polar surface area (TPSA) is 295 Å². The number of aromatic amines is 1. The summed E-state index contributed by atoms with van der Waals surface area (Å²) in [5.74, 6) is -5.34. The van der Waals surface area contributed by atoms with Crippen molar-refractivity contribution in [2.45, 2.75) is 122 Å². The third kappa shape index (κ3) is 15.2. The zero-order valence-electron chi connectivity index (χ0n) is 37.7. The summed E-state index contributed by atoms with van der Waals surface area (Å²) in [7, 11) is 0. The van der Waals surface area contributed by atoms with Crippen molar-refractivity contribution in [1.29, 1.82) is 0 Å². The van der Waals surface area contributed by atoms with Crippen molar-refractivity contribution < 1.29 is 38.7 Å². The Morgan fingerprint density at radius 3 is 2.09 bits per heavy atom. The molecule has 0 radical (unpaired) electrons. The van der Waals surface area contributed by atoms with E-state index >= 15 is 0 Å². The normalized spacial score (nSPS) is 16.3. The summed E-state index contributed by atoms with van der Waals surface area (Å²) in [5.41, 5.74) is 13.7. The first-order valence-corrected chi connectivity index (χ1v) is 22.6. The van der Waals surface area contributed by atoms with Crippen LogP contribution in [0.15, 0.2) is 59.7 Å². The van der Waals surface area contributed by atoms with Crippen LogP contribution in [0, 0.1) is 12.8 Å². The zero-order valence-corrected chi connectivity index (χ0v) is 38.6. The molecular formula is C45H65N11O8S. The molecule has 1 aromatic heterocycles. The fourth-order valence-corrected chi connectivity index (χ4v) is 7.79. The van der Waals surface area contributed by atoms with Crippen LogP contribution in [0.25, 0.3) is 10.9 Å². The molecule has 0 aliphatic carbocycles. The molecule has 354 valence electrons. The van der Waals surface area contributed by atoms with E-state index < -0.39 is 77.8 Å². The summed E-state index contributed by atoms with van der Waals surface area (Å²) >= 11 is 4.46. The maximum Gasteiger partial charge on any atom is 0.326 e. The summed E-state index contributed by atoms with van der Waals surface area (Å²) in [6.45, 7) is 9.30. The van der Waals surface area contributed by atoms with E-state index in [9.17, 15) is 38.7 Å². The first-order chi connectivity index (χ1) is 30.9. The number of aliphatic imine (C=N–C) groups is 1. The highest BCUT2D eigenvalue weighted by Crippen LogP contribution is 2.24. The lowest BCUT2D eigenvalue weighted by atomic mass is 9.99. The number of benzene rings is 2. The van der Waals surface area contributed by atoms with Crippen molar-refractivity contribution in [3.8, 4) is 0 Å². The SMILES string of the molecule is Cc1ccccc1CN(C(=O)[C@H](CS)NC(=O)[C@H](C)NC(=O)[C@H](CC(C)C)NC(=O)[C@@H]1CCCN1)[C@@H](Cc1c[nH]c2ccccc12)C(=O)N[C@@H](C)C(=O)N[C@@H](CCCN=C(N)N)C(=O)O. The van der Waals surface area contributed by atoms with Crippen molar-refractivity contribution in [3.05, 3.63) is 71.4 Å². The number of para-hydroxylation sites is 1. The minimum atomic E-state index is -1.31. The Hall–Kier alpha value is -6.15. The van der Waals surface area contributed by atoms with Gasteiger partial charge in [0, 0.05) is 42.4 Å². The number of rotatable bonds is 24. The average Bonchev–Trinajstić information content (AvgIpc) is 3.96. The molecule has 6 amide bonds. The van der Waals surface area contributed by atoms with Gasteiger partial charge in [0.1, 0.15) is 36.3 Å². The molecule has 12 N–H and O–H groups in total. The van der Waals surface area contributed by atoms with Crippen LogP contribution in [0.1, 0.15) is 76.5 Å². The highest BCUT2D eigenvalue weighted by Gasteiger charge is 2.38. The summed E-state index contributed by atoms with van der Waals surface area (Å²) in [6, 6.07) is 7.10. The number of thiol groups is 1. The Morgan fingerprint density at radius 1 is 0.831 bits per heavy atom. The molecule has 1 aliphatic heterocycles. The second-order valence-electron chi connectivity index (χ2n) is 16.9. The number of aliphatic carboxylic acids is 1. The fraction of sp³-hybridized carbons (Fsp3) is 0.511. The lowest BCUT2D eigenvalue weighted by Gasteiger charge is -2.35. The largest absolute Gasteiger partial charge is 0.480 e. The first kappa shape index (κ1) is 51.5. The summed E-state index contributed by atoms with van der Waals surface area (Å²) in [5, 5.41) is 27.2. The molecule has 2 aromatic carbocycles. The minimum absolute atomic E-state index is 0.00672. The predicted molar refractivity (Wildman–Crippen MR) is 250 cm³/mol. The summed E-state index contributed by atoms with van der Waals surface area (Å²) < 4.78 is 0. The van der Waals surface area contributed by atoms with Gasteiger partial charge in [-0.05, 0) is 88.1 Å². The van der Waals surface area contributed by atoms with E-state index in [1.165, 1.54) is 18.7 Å². The Morgan fingerprint density at radius 2 is 1.48 bits per heavy atom. The molecule has 0 saturated carbocycles. The van der Waals surface area contributed by atoms with Crippen molar-refractivity contribution >= 4 is 70.9 Å². The molecule has 19 nitrogen and oxygen atoms in total. The highest BCUT2D eigenvalue weighted by atomic mass is 32.1. The summed E-state index contributed by atoms with van der Waals surface area (Å²) in [6.07, 6.45) is 3.77. The smallest absolute Gasteiger partial charge is 0.326 e. The maximum atomic E-state index is 15.0. The number of carboxylic acid groups (broad SMARTS) is 1. The van der Waals surface area contributed by atoms with Gasteiger partial charge < -0.3 is 58.4 Å². The quantitative estimate of drug-likeness (QED) is 0.0258. The molecule has 65 heavy (non-hydrogen) atoms. The van der Waals surface area contributed by atoms with Gasteiger partial charge in [-0.2, -0.15) is 12.6 Å². The van der Waals surface area contributed by atoms with E-state index in [1.54, 1.807) is 12.3 Å². The number of nitrogens with two attached hydrogens (primary N) is 2. The Bertz CT molecular complexity index is 2170. The molecule has 4 rings (SSSR count). The highest BCUT2D eigenvalue weighted by molar-refractivity contribution is 7.80. The van der Waals surface area contributed by atoms with E-state index in [1.807, 2.05) is 63.2 Å². The van der Waals surface area contributed by atoms with Crippen LogP contribution >= 0.6 is 12.6 Å². The van der Waals surface area contributed by atoms with Gasteiger partial charge in [-0.25, -0.2) is 4.79 Å². The molecule has 1 aliphatic rings. The molecule has 0 unspecified atom stereocenters. The number of carboxylic acids is 1. The number of hydrogen-bond donors (Lipinski definition) is 11. The lowest BCUT2D eigenvalue weighted by molar-refractivity contribution is -0.145. The Labute approximate surface area is 384 Å². The number of nitrogens with one attached hydrogen (secondary N) is 7. The third-order valence-electron chi connectivity index (χ3n) is 11.2. The lowest BCUT2D eigenvalue weighted by Crippen LogP contribution is -2.60. The average molecular weight is 920 g/mol. The van der Waals surface area contributed by atoms with Gasteiger partial charge in [-0.1, -0.05) is 56.3 Å². The number of guanidine groups is 1. The number of hydrogen-bond acceptors (Lipinski definition) is 10. The van der Waals surface area contributed by atoms with Crippen LogP contribution in [0.4, 0.5) is 0 Å². The molecular weight excluding hydrogens is 855 g/mol. The monoisotopic (exact) mass is 919 g/mol. The van der Waals surface area contributed by atoms with Gasteiger partial charge in [-0.15, -0.1) is 0 Å². The minimum Gasteiger partial charge on any atom is -0.480 e. The molecule has 1 saturated heterocycles. The van der Waals surface area contributed by atoms with E-state index in [-0.39, 0.29) is 55.9 Å². The second-order valence-corrected chi connectivity index (χ2v) is 17.2. The number of H-pyrrole nitrogens is 1. The van der Waals surface area contributed by atoms with Crippen LogP contribution in [0.3, 0.4) is 0 Å². The zero-order chi connectivity index (χ0) is 47.8. The van der Waals surface area contributed by atoms with Gasteiger partial charge in [0.05, 0.1) is 6.04 Å². The van der Waals surface area contributed by atoms with Crippen molar-refractivity contribution in [2.24, 2.45) is 22.4 Å². The molecule has 7 atom stereocenters. The number of nitrogens with zero attached hydrogens (tertiary/aromatic N) is 2. The van der Waals surface area contributed by atoms with Crippen molar-refractivity contribution in [1.82, 2.24) is 41.8 Å². The molecule has 1 fully saturated rings. The van der Waals surface area contributed by atoms with Gasteiger partial charge in [0.2, 0.25) is 35.4 Å². The van der Waals surface area contributed by atoms with E-state index in [0.29, 0.717) is 30.5 Å².